The normalized spacial score (nSPS) is 16.2. The van der Waals surface area contributed by atoms with Gasteiger partial charge in [-0.2, -0.15) is 4.98 Å². The van der Waals surface area contributed by atoms with E-state index in [9.17, 15) is 9.59 Å². The van der Waals surface area contributed by atoms with E-state index in [0.717, 1.165) is 11.3 Å². The first-order valence-corrected chi connectivity index (χ1v) is 10.4. The molecular formula is C24H26N4O3. The van der Waals surface area contributed by atoms with Crippen molar-refractivity contribution in [1.82, 2.24) is 15.5 Å². The average molecular weight is 418 g/mol. The maximum Gasteiger partial charge on any atom is 0.251 e. The number of hydrogen-bond donors (Lipinski definition) is 1. The fourth-order valence-corrected chi connectivity index (χ4v) is 3.68. The van der Waals surface area contributed by atoms with Crippen LogP contribution in [0.1, 0.15) is 53.6 Å². The molecule has 4 rings (SSSR count). The molecule has 7 nitrogen and oxygen atoms in total. The minimum Gasteiger partial charge on any atom is -0.350 e. The highest BCUT2D eigenvalue weighted by molar-refractivity contribution is 5.96. The molecule has 1 fully saturated rings. The fraction of sp³-hybridized carbons (Fsp3) is 0.333. The monoisotopic (exact) mass is 418 g/mol. The summed E-state index contributed by atoms with van der Waals surface area (Å²) in [6.45, 7) is 8.42. The smallest absolute Gasteiger partial charge is 0.251 e. The van der Waals surface area contributed by atoms with Crippen LogP contribution in [0.5, 0.6) is 0 Å². The quantitative estimate of drug-likeness (QED) is 0.676. The zero-order valence-corrected chi connectivity index (χ0v) is 18.2. The zero-order chi connectivity index (χ0) is 22.1. The number of rotatable bonds is 5. The highest BCUT2D eigenvalue weighted by Gasteiger charge is 2.35. The number of carbonyl (C=O) groups excluding carboxylic acids is 2. The van der Waals surface area contributed by atoms with Crippen molar-refractivity contribution in [2.24, 2.45) is 0 Å². The van der Waals surface area contributed by atoms with E-state index in [0.29, 0.717) is 35.8 Å². The molecule has 160 valence electrons. The summed E-state index contributed by atoms with van der Waals surface area (Å²) in [5, 5.41) is 6.97. The Morgan fingerprint density at radius 1 is 1.16 bits per heavy atom. The molecule has 3 aromatic rings. The molecule has 0 bridgehead atoms. The average Bonchev–Trinajstić information content (AvgIpc) is 3.37. The Kier molecular flexibility index (Phi) is 5.59. The summed E-state index contributed by atoms with van der Waals surface area (Å²) in [6, 6.07) is 13.2. The highest BCUT2D eigenvalue weighted by Crippen LogP contribution is 2.32. The van der Waals surface area contributed by atoms with Crippen LogP contribution in [0.2, 0.25) is 0 Å². The first-order chi connectivity index (χ1) is 14.8. The van der Waals surface area contributed by atoms with Crippen LogP contribution in [0.25, 0.3) is 11.4 Å². The molecule has 1 saturated heterocycles. The third-order valence-electron chi connectivity index (χ3n) is 5.52. The van der Waals surface area contributed by atoms with Gasteiger partial charge in [-0.1, -0.05) is 23.4 Å². The van der Waals surface area contributed by atoms with E-state index < -0.39 is 0 Å². The number of amides is 2. The van der Waals surface area contributed by atoms with Crippen molar-refractivity contribution < 1.29 is 14.1 Å². The van der Waals surface area contributed by atoms with Crippen LogP contribution in [-0.4, -0.2) is 34.5 Å². The van der Waals surface area contributed by atoms with Crippen LogP contribution in [-0.2, 0) is 4.79 Å². The molecule has 1 N–H and O–H groups in total. The van der Waals surface area contributed by atoms with Crippen molar-refractivity contribution in [3.05, 3.63) is 65.0 Å². The molecule has 7 heteroatoms. The first-order valence-electron chi connectivity index (χ1n) is 10.4. The van der Waals surface area contributed by atoms with E-state index in [4.69, 9.17) is 4.52 Å². The Morgan fingerprint density at radius 3 is 2.71 bits per heavy atom. The lowest BCUT2D eigenvalue weighted by atomic mass is 10.1. The van der Waals surface area contributed by atoms with E-state index in [1.165, 1.54) is 5.56 Å². The molecular weight excluding hydrogens is 392 g/mol. The van der Waals surface area contributed by atoms with Crippen molar-refractivity contribution in [3.63, 3.8) is 0 Å². The van der Waals surface area contributed by atoms with Crippen LogP contribution < -0.4 is 10.2 Å². The minimum absolute atomic E-state index is 0.0420. The van der Waals surface area contributed by atoms with Gasteiger partial charge in [0, 0.05) is 35.8 Å². The molecule has 0 spiro atoms. The number of aromatic nitrogens is 2. The Hall–Kier alpha value is -3.48. The van der Waals surface area contributed by atoms with Crippen LogP contribution >= 0.6 is 0 Å². The predicted octanol–water partition coefficient (Wildman–Crippen LogP) is 4.01. The molecule has 2 aromatic carbocycles. The number of nitrogens with zero attached hydrogens (tertiary/aromatic N) is 3. The standard InChI is InChI=1S/C24H26N4O3/c1-14(2)25-23(30)18-7-5-6-17(11-18)22-26-24(31-27-22)19-12-21(29)28(13-19)20-9-8-15(3)16(4)10-20/h5-11,14,19H,12-13H2,1-4H3,(H,25,30)/t19-/m1/s1. The lowest BCUT2D eigenvalue weighted by molar-refractivity contribution is -0.117. The van der Waals surface area contributed by atoms with Crippen molar-refractivity contribution in [2.45, 2.75) is 46.1 Å². The maximum absolute atomic E-state index is 12.6. The highest BCUT2D eigenvalue weighted by atomic mass is 16.5. The first kappa shape index (κ1) is 20.8. The van der Waals surface area contributed by atoms with E-state index in [1.807, 2.05) is 45.0 Å². The second-order valence-corrected chi connectivity index (χ2v) is 8.34. The molecule has 0 unspecified atom stereocenters. The summed E-state index contributed by atoms with van der Waals surface area (Å²) in [7, 11) is 0. The molecule has 0 aliphatic carbocycles. The van der Waals surface area contributed by atoms with Crippen LogP contribution in [0.3, 0.4) is 0 Å². The number of anilines is 1. The number of carbonyl (C=O) groups is 2. The van der Waals surface area contributed by atoms with Gasteiger partial charge in [0.15, 0.2) is 0 Å². The molecule has 31 heavy (non-hydrogen) atoms. The lowest BCUT2D eigenvalue weighted by Crippen LogP contribution is -2.30. The minimum atomic E-state index is -0.164. The van der Waals surface area contributed by atoms with Crippen molar-refractivity contribution in [1.29, 1.82) is 0 Å². The topological polar surface area (TPSA) is 88.3 Å². The van der Waals surface area contributed by atoms with Gasteiger partial charge in [0.25, 0.3) is 5.91 Å². The van der Waals surface area contributed by atoms with Gasteiger partial charge in [-0.05, 0) is 63.1 Å². The Labute approximate surface area is 181 Å². The lowest BCUT2D eigenvalue weighted by Gasteiger charge is -2.17. The van der Waals surface area contributed by atoms with Crippen LogP contribution in [0, 0.1) is 13.8 Å². The van der Waals surface area contributed by atoms with Crippen LogP contribution in [0.4, 0.5) is 5.69 Å². The van der Waals surface area contributed by atoms with Crippen LogP contribution in [0.15, 0.2) is 47.0 Å². The molecule has 1 aliphatic rings. The van der Waals surface area contributed by atoms with E-state index >= 15 is 0 Å². The van der Waals surface area contributed by atoms with Gasteiger partial charge in [-0.3, -0.25) is 9.59 Å². The predicted molar refractivity (Wildman–Crippen MR) is 118 cm³/mol. The molecule has 0 radical (unpaired) electrons. The van der Waals surface area contributed by atoms with Crippen molar-refractivity contribution in [2.75, 3.05) is 11.4 Å². The molecule has 2 heterocycles. The SMILES string of the molecule is Cc1ccc(N2C[C@H](c3nc(-c4cccc(C(=O)NC(C)C)c4)no3)CC2=O)cc1C. The molecule has 0 saturated carbocycles. The van der Waals surface area contributed by atoms with E-state index in [2.05, 4.69) is 22.4 Å². The fourth-order valence-electron chi connectivity index (χ4n) is 3.68. The summed E-state index contributed by atoms with van der Waals surface area (Å²) in [4.78, 5) is 31.2. The number of nitrogens with one attached hydrogen (secondary N) is 1. The summed E-state index contributed by atoms with van der Waals surface area (Å²) in [5.74, 6) is 0.576. The van der Waals surface area contributed by atoms with Gasteiger partial charge in [-0.25, -0.2) is 0 Å². The van der Waals surface area contributed by atoms with Gasteiger partial charge in [0.1, 0.15) is 0 Å². The van der Waals surface area contributed by atoms with Gasteiger partial charge in [0.2, 0.25) is 17.6 Å². The summed E-state index contributed by atoms with van der Waals surface area (Å²) in [5.41, 5.74) is 4.46. The molecule has 1 atom stereocenters. The Bertz CT molecular complexity index is 1140. The van der Waals surface area contributed by atoms with Crippen molar-refractivity contribution >= 4 is 17.5 Å². The second kappa shape index (κ2) is 8.34. The van der Waals surface area contributed by atoms with E-state index in [-0.39, 0.29) is 23.8 Å². The third-order valence-corrected chi connectivity index (χ3v) is 5.52. The van der Waals surface area contributed by atoms with Gasteiger partial charge in [0.05, 0.1) is 5.92 Å². The third kappa shape index (κ3) is 4.35. The summed E-state index contributed by atoms with van der Waals surface area (Å²) >= 11 is 0. The van der Waals surface area contributed by atoms with E-state index in [1.54, 1.807) is 23.1 Å². The summed E-state index contributed by atoms with van der Waals surface area (Å²) in [6.07, 6.45) is 0.325. The molecule has 2 amide bonds. The summed E-state index contributed by atoms with van der Waals surface area (Å²) < 4.78 is 5.50. The van der Waals surface area contributed by atoms with Gasteiger partial charge < -0.3 is 14.7 Å². The number of hydrogen-bond acceptors (Lipinski definition) is 5. The number of benzene rings is 2. The molecule has 1 aromatic heterocycles. The zero-order valence-electron chi connectivity index (χ0n) is 18.2. The van der Waals surface area contributed by atoms with Gasteiger partial charge >= 0.3 is 0 Å². The second-order valence-electron chi connectivity index (χ2n) is 8.34. The number of aryl methyl sites for hydroxylation is 2. The van der Waals surface area contributed by atoms with Crippen molar-refractivity contribution in [3.8, 4) is 11.4 Å². The Balaban J connectivity index is 1.52. The molecule has 1 aliphatic heterocycles. The maximum atomic E-state index is 12.6. The largest absolute Gasteiger partial charge is 0.350 e. The van der Waals surface area contributed by atoms with Gasteiger partial charge in [-0.15, -0.1) is 0 Å². The Morgan fingerprint density at radius 2 is 1.97 bits per heavy atom.